The first kappa shape index (κ1) is 13.2. The molecule has 1 aliphatic rings. The predicted molar refractivity (Wildman–Crippen MR) is 76.0 cm³/mol. The van der Waals surface area contributed by atoms with Gasteiger partial charge in [0.05, 0.1) is 12.2 Å². The summed E-state index contributed by atoms with van der Waals surface area (Å²) in [5.74, 6) is 0. The maximum Gasteiger partial charge on any atom is 0.0590 e. The van der Waals surface area contributed by atoms with Crippen LogP contribution in [0.5, 0.6) is 0 Å². The summed E-state index contributed by atoms with van der Waals surface area (Å²) < 4.78 is 0. The lowest BCUT2D eigenvalue weighted by Gasteiger charge is -2.06. The Morgan fingerprint density at radius 3 is 3.18 bits per heavy atom. The van der Waals surface area contributed by atoms with Crippen molar-refractivity contribution in [1.82, 2.24) is 5.32 Å². The second kappa shape index (κ2) is 8.34. The normalized spacial score (nSPS) is 15.8. The van der Waals surface area contributed by atoms with E-state index in [-0.39, 0.29) is 0 Å². The lowest BCUT2D eigenvalue weighted by atomic mass is 10.3. The zero-order valence-electron chi connectivity index (χ0n) is 10.4. The molecule has 1 rings (SSSR count). The van der Waals surface area contributed by atoms with E-state index in [1.165, 1.54) is 0 Å². The Balaban J connectivity index is 2.54. The molecule has 0 aromatic heterocycles. The van der Waals surface area contributed by atoms with E-state index in [0.29, 0.717) is 6.54 Å². The van der Waals surface area contributed by atoms with Crippen LogP contribution in [0.25, 0.3) is 0 Å². The largest absolute Gasteiger partial charge is 0.379 e. The minimum atomic E-state index is 0.715. The lowest BCUT2D eigenvalue weighted by molar-refractivity contribution is 0.885. The van der Waals surface area contributed by atoms with Gasteiger partial charge < -0.3 is 5.32 Å². The summed E-state index contributed by atoms with van der Waals surface area (Å²) in [6.45, 7) is 6.49. The molecule has 0 spiro atoms. The van der Waals surface area contributed by atoms with Gasteiger partial charge in [0.25, 0.3) is 0 Å². The Kier molecular flexibility index (Phi) is 6.49. The van der Waals surface area contributed by atoms with E-state index in [1.54, 1.807) is 6.08 Å². The molecular weight excluding hydrogens is 208 g/mol. The van der Waals surface area contributed by atoms with Gasteiger partial charge >= 0.3 is 0 Å². The first-order chi connectivity index (χ1) is 8.36. The Morgan fingerprint density at radius 1 is 1.53 bits per heavy atom. The molecule has 0 atom stereocenters. The number of aliphatic imine (C=N–C) groups is 1. The lowest BCUT2D eigenvalue weighted by Crippen LogP contribution is -2.14. The molecule has 0 amide bonds. The van der Waals surface area contributed by atoms with Gasteiger partial charge in [0.15, 0.2) is 0 Å². The van der Waals surface area contributed by atoms with Crippen molar-refractivity contribution in [1.29, 1.82) is 0 Å². The molecule has 0 aromatic carbocycles. The van der Waals surface area contributed by atoms with Gasteiger partial charge in [-0.25, -0.2) is 0 Å². The number of rotatable bonds is 6. The third-order valence-electron chi connectivity index (χ3n) is 2.20. The van der Waals surface area contributed by atoms with Crippen LogP contribution in [0.1, 0.15) is 19.8 Å². The molecule has 0 unspecified atom stereocenters. The van der Waals surface area contributed by atoms with Gasteiger partial charge in [0.2, 0.25) is 0 Å². The number of nitrogens with zero attached hydrogens (tertiary/aromatic N) is 1. The van der Waals surface area contributed by atoms with Crippen LogP contribution < -0.4 is 5.32 Å². The fourth-order valence-electron chi connectivity index (χ4n) is 1.38. The second-order valence-corrected chi connectivity index (χ2v) is 3.66. The first-order valence-corrected chi connectivity index (χ1v) is 5.98. The van der Waals surface area contributed by atoms with Crippen molar-refractivity contribution in [2.45, 2.75) is 19.8 Å². The van der Waals surface area contributed by atoms with Crippen molar-refractivity contribution in [2.75, 3.05) is 6.54 Å². The summed E-state index contributed by atoms with van der Waals surface area (Å²) >= 11 is 0. The van der Waals surface area contributed by atoms with E-state index >= 15 is 0 Å². The third-order valence-corrected chi connectivity index (χ3v) is 2.20. The Bertz CT molecular complexity index is 382. The van der Waals surface area contributed by atoms with E-state index in [1.807, 2.05) is 12.3 Å². The van der Waals surface area contributed by atoms with Gasteiger partial charge in [-0.15, -0.1) is 0 Å². The van der Waals surface area contributed by atoms with E-state index in [2.05, 4.69) is 54.2 Å². The fourth-order valence-corrected chi connectivity index (χ4v) is 1.38. The highest BCUT2D eigenvalue weighted by Gasteiger charge is 1.95. The minimum Gasteiger partial charge on any atom is -0.379 e. The van der Waals surface area contributed by atoms with Crippen LogP contribution in [0, 0.1) is 0 Å². The van der Waals surface area contributed by atoms with E-state index in [9.17, 15) is 0 Å². The van der Waals surface area contributed by atoms with Gasteiger partial charge in [-0.2, -0.15) is 0 Å². The molecule has 0 bridgehead atoms. The summed E-state index contributed by atoms with van der Waals surface area (Å²) in [7, 11) is 0. The molecule has 0 aromatic rings. The summed E-state index contributed by atoms with van der Waals surface area (Å²) in [6.07, 6.45) is 18.0. The van der Waals surface area contributed by atoms with Gasteiger partial charge in [0.1, 0.15) is 0 Å². The minimum absolute atomic E-state index is 0.715. The van der Waals surface area contributed by atoms with Crippen molar-refractivity contribution in [3.63, 3.8) is 0 Å². The smallest absolute Gasteiger partial charge is 0.0590 e. The Morgan fingerprint density at radius 2 is 2.41 bits per heavy atom. The highest BCUT2D eigenvalue weighted by molar-refractivity contribution is 5.58. The molecule has 2 nitrogen and oxygen atoms in total. The van der Waals surface area contributed by atoms with Crippen LogP contribution in [0.2, 0.25) is 0 Å². The maximum atomic E-state index is 4.37. The summed E-state index contributed by atoms with van der Waals surface area (Å²) in [6, 6.07) is 0. The molecule has 0 fully saturated rings. The van der Waals surface area contributed by atoms with Gasteiger partial charge in [-0.3, -0.25) is 4.99 Å². The first-order valence-electron chi connectivity index (χ1n) is 5.98. The zero-order valence-corrected chi connectivity index (χ0v) is 10.4. The van der Waals surface area contributed by atoms with E-state index in [4.69, 9.17) is 0 Å². The highest BCUT2D eigenvalue weighted by Crippen LogP contribution is 2.03. The van der Waals surface area contributed by atoms with Crippen LogP contribution in [-0.4, -0.2) is 12.8 Å². The molecule has 17 heavy (non-hydrogen) atoms. The van der Waals surface area contributed by atoms with Crippen LogP contribution in [0.3, 0.4) is 0 Å². The molecule has 1 N–H and O–H groups in total. The quantitative estimate of drug-likeness (QED) is 0.546. The second-order valence-electron chi connectivity index (χ2n) is 3.66. The molecule has 90 valence electrons. The van der Waals surface area contributed by atoms with Gasteiger partial charge in [-0.05, 0) is 31.1 Å². The molecule has 0 aliphatic heterocycles. The molecule has 0 saturated carbocycles. The number of nitrogens with one attached hydrogen (secondary N) is 1. The Hall–Kier alpha value is -1.83. The molecule has 0 saturated heterocycles. The predicted octanol–water partition coefficient (Wildman–Crippen LogP) is 3.53. The topological polar surface area (TPSA) is 24.4 Å². The third kappa shape index (κ3) is 5.71. The van der Waals surface area contributed by atoms with Crippen molar-refractivity contribution < 1.29 is 0 Å². The van der Waals surface area contributed by atoms with E-state index in [0.717, 1.165) is 24.2 Å². The van der Waals surface area contributed by atoms with Crippen molar-refractivity contribution in [3.8, 4) is 0 Å². The van der Waals surface area contributed by atoms with Crippen LogP contribution in [-0.2, 0) is 0 Å². The van der Waals surface area contributed by atoms with Crippen LogP contribution in [0.15, 0.2) is 65.5 Å². The van der Waals surface area contributed by atoms with Crippen molar-refractivity contribution in [3.05, 3.63) is 60.5 Å². The SMILES string of the molecule is C=C/C=C(/CNC1=CC=CCC=C1)N=CCC. The molecule has 0 heterocycles. The zero-order chi connectivity index (χ0) is 12.3. The maximum absolute atomic E-state index is 4.37. The van der Waals surface area contributed by atoms with Crippen molar-refractivity contribution >= 4 is 6.21 Å². The van der Waals surface area contributed by atoms with Gasteiger partial charge in [0, 0.05) is 11.9 Å². The van der Waals surface area contributed by atoms with Crippen LogP contribution >= 0.6 is 0 Å². The van der Waals surface area contributed by atoms with Gasteiger partial charge in [-0.1, -0.05) is 37.8 Å². The summed E-state index contributed by atoms with van der Waals surface area (Å²) in [5, 5.41) is 3.35. The number of hydrogen-bond donors (Lipinski definition) is 1. The summed E-state index contributed by atoms with van der Waals surface area (Å²) in [5.41, 5.74) is 2.10. The molecule has 0 radical (unpaired) electrons. The molecular formula is C15H20N2. The molecule has 2 heteroatoms. The Labute approximate surface area is 104 Å². The van der Waals surface area contributed by atoms with E-state index < -0.39 is 0 Å². The number of allylic oxidation sites excluding steroid dienone is 7. The summed E-state index contributed by atoms with van der Waals surface area (Å²) in [4.78, 5) is 4.37. The average Bonchev–Trinajstić information content (AvgIpc) is 2.61. The fraction of sp³-hybridized carbons (Fsp3) is 0.267. The van der Waals surface area contributed by atoms with Crippen molar-refractivity contribution in [2.24, 2.45) is 4.99 Å². The molecule has 1 aliphatic carbocycles. The van der Waals surface area contributed by atoms with Crippen LogP contribution in [0.4, 0.5) is 0 Å². The average molecular weight is 228 g/mol. The monoisotopic (exact) mass is 228 g/mol. The standard InChI is InChI=1S/C15H20N2/c1-3-9-15(16-12-4-2)13-17-14-10-7-5-6-8-11-14/h3,5,7-12,17H,1,4,6,13H2,2H3/b15-9-,16-12?. The number of hydrogen-bond acceptors (Lipinski definition) is 2. The highest BCUT2D eigenvalue weighted by atomic mass is 14.9.